The molecule has 4 heteroatoms. The van der Waals surface area contributed by atoms with Crippen LogP contribution in [0, 0.1) is 0 Å². The van der Waals surface area contributed by atoms with Crippen LogP contribution in [0.15, 0.2) is 24.3 Å². The maximum absolute atomic E-state index is 11.6. The minimum Gasteiger partial charge on any atom is -0.462 e. The van der Waals surface area contributed by atoms with E-state index in [4.69, 9.17) is 9.47 Å². The van der Waals surface area contributed by atoms with Gasteiger partial charge >= 0.3 is 11.9 Å². The third-order valence-corrected chi connectivity index (χ3v) is 5.07. The van der Waals surface area contributed by atoms with Gasteiger partial charge in [-0.3, -0.25) is 4.79 Å². The molecule has 0 aromatic carbocycles. The van der Waals surface area contributed by atoms with E-state index >= 15 is 0 Å². The summed E-state index contributed by atoms with van der Waals surface area (Å²) in [5.41, 5.74) is 0.349. The highest BCUT2D eigenvalue weighted by atomic mass is 16.6. The number of unbranched alkanes of at least 4 members (excludes halogenated alkanes) is 13. The van der Waals surface area contributed by atoms with Gasteiger partial charge in [-0.05, 0) is 39.0 Å². The van der Waals surface area contributed by atoms with Crippen LogP contribution in [0.3, 0.4) is 0 Å². The molecular weight excluding hydrogens is 376 g/mol. The molecule has 0 amide bonds. The number of carbonyl (C=O) groups is 2. The zero-order valence-corrected chi connectivity index (χ0v) is 19.7. The number of ether oxygens (including phenoxy) is 2. The topological polar surface area (TPSA) is 52.6 Å². The van der Waals surface area contributed by atoms with Crippen LogP contribution in [-0.4, -0.2) is 25.2 Å². The molecule has 0 unspecified atom stereocenters. The van der Waals surface area contributed by atoms with Crippen LogP contribution >= 0.6 is 0 Å². The third-order valence-electron chi connectivity index (χ3n) is 5.07. The molecule has 0 aliphatic carbocycles. The maximum Gasteiger partial charge on any atom is 0.333 e. The standard InChI is InChI=1S/C26H46O4/c1-4-5-6-7-8-9-10-11-12-13-14-15-16-17-18-19-20-21-25(27)29-22-23-30-26(28)24(2)3/h9-10H,2,4-8,11-23H2,1,3H3/b10-9-. The lowest BCUT2D eigenvalue weighted by molar-refractivity contribution is -0.150. The predicted octanol–water partition coefficient (Wildman–Crippen LogP) is 7.47. The summed E-state index contributed by atoms with van der Waals surface area (Å²) in [6, 6.07) is 0. The van der Waals surface area contributed by atoms with Crippen molar-refractivity contribution in [3.63, 3.8) is 0 Å². The fraction of sp³-hybridized carbons (Fsp3) is 0.769. The third kappa shape index (κ3) is 21.1. The van der Waals surface area contributed by atoms with E-state index in [0.717, 1.165) is 12.8 Å². The molecule has 0 atom stereocenters. The first-order valence-electron chi connectivity index (χ1n) is 12.2. The van der Waals surface area contributed by atoms with E-state index in [-0.39, 0.29) is 19.2 Å². The summed E-state index contributed by atoms with van der Waals surface area (Å²) in [5, 5.41) is 0. The number of allylic oxidation sites excluding steroid dienone is 2. The van der Waals surface area contributed by atoms with Crippen molar-refractivity contribution in [2.45, 2.75) is 117 Å². The van der Waals surface area contributed by atoms with Gasteiger partial charge in [0.25, 0.3) is 0 Å². The molecule has 30 heavy (non-hydrogen) atoms. The Morgan fingerprint density at radius 3 is 1.70 bits per heavy atom. The second-order valence-electron chi connectivity index (χ2n) is 8.18. The largest absolute Gasteiger partial charge is 0.462 e. The van der Waals surface area contributed by atoms with E-state index in [1.54, 1.807) is 6.92 Å². The van der Waals surface area contributed by atoms with Gasteiger partial charge in [-0.2, -0.15) is 0 Å². The Morgan fingerprint density at radius 1 is 0.700 bits per heavy atom. The zero-order valence-electron chi connectivity index (χ0n) is 19.7. The molecule has 4 nitrogen and oxygen atoms in total. The number of hydrogen-bond donors (Lipinski definition) is 0. The minimum atomic E-state index is -0.448. The summed E-state index contributed by atoms with van der Waals surface area (Å²) in [5.74, 6) is -0.660. The highest BCUT2D eigenvalue weighted by Crippen LogP contribution is 2.12. The fourth-order valence-corrected chi connectivity index (χ4v) is 3.18. The van der Waals surface area contributed by atoms with Crippen LogP contribution in [-0.2, 0) is 19.1 Å². The molecule has 0 radical (unpaired) electrons. The summed E-state index contributed by atoms with van der Waals surface area (Å²) < 4.78 is 9.92. The van der Waals surface area contributed by atoms with Crippen molar-refractivity contribution in [3.8, 4) is 0 Å². The lowest BCUT2D eigenvalue weighted by Gasteiger charge is -2.06. The van der Waals surface area contributed by atoms with Gasteiger partial charge < -0.3 is 9.47 Å². The molecule has 0 saturated carbocycles. The molecule has 0 rings (SSSR count). The molecule has 0 aliphatic rings. The van der Waals surface area contributed by atoms with E-state index in [1.165, 1.54) is 83.5 Å². The average Bonchev–Trinajstić information content (AvgIpc) is 2.73. The lowest BCUT2D eigenvalue weighted by Crippen LogP contribution is -2.14. The van der Waals surface area contributed by atoms with Crippen molar-refractivity contribution in [3.05, 3.63) is 24.3 Å². The quantitative estimate of drug-likeness (QED) is 0.0833. The lowest BCUT2D eigenvalue weighted by atomic mass is 10.1. The van der Waals surface area contributed by atoms with Crippen molar-refractivity contribution in [1.29, 1.82) is 0 Å². The van der Waals surface area contributed by atoms with E-state index in [9.17, 15) is 9.59 Å². The number of rotatable bonds is 21. The van der Waals surface area contributed by atoms with Gasteiger partial charge in [-0.15, -0.1) is 0 Å². The van der Waals surface area contributed by atoms with Crippen LogP contribution in [0.1, 0.15) is 117 Å². The maximum atomic E-state index is 11.6. The zero-order chi connectivity index (χ0) is 22.3. The van der Waals surface area contributed by atoms with Gasteiger partial charge in [0.2, 0.25) is 0 Å². The van der Waals surface area contributed by atoms with Crippen molar-refractivity contribution in [2.75, 3.05) is 13.2 Å². The molecule has 0 bridgehead atoms. The molecule has 0 aromatic rings. The second kappa shape index (κ2) is 22.1. The first-order chi connectivity index (χ1) is 14.6. The molecule has 174 valence electrons. The summed E-state index contributed by atoms with van der Waals surface area (Å²) in [7, 11) is 0. The predicted molar refractivity (Wildman–Crippen MR) is 125 cm³/mol. The first-order valence-corrected chi connectivity index (χ1v) is 12.2. The normalized spacial score (nSPS) is 11.0. The van der Waals surface area contributed by atoms with Crippen LogP contribution < -0.4 is 0 Å². The van der Waals surface area contributed by atoms with Gasteiger partial charge in [0.05, 0.1) is 0 Å². The Hall–Kier alpha value is -1.58. The van der Waals surface area contributed by atoms with E-state index in [1.807, 2.05) is 0 Å². The van der Waals surface area contributed by atoms with Gasteiger partial charge in [-0.25, -0.2) is 4.79 Å². The second-order valence-corrected chi connectivity index (χ2v) is 8.18. The van der Waals surface area contributed by atoms with Crippen LogP contribution in [0.5, 0.6) is 0 Å². The number of esters is 2. The Kier molecular flexibility index (Phi) is 20.9. The molecule has 0 saturated heterocycles. The highest BCUT2D eigenvalue weighted by Gasteiger charge is 2.05. The van der Waals surface area contributed by atoms with Gasteiger partial charge in [0.1, 0.15) is 13.2 Å². The molecule has 0 N–H and O–H groups in total. The summed E-state index contributed by atoms with van der Waals surface area (Å²) in [6.45, 7) is 7.54. The monoisotopic (exact) mass is 422 g/mol. The van der Waals surface area contributed by atoms with Gasteiger partial charge in [-0.1, -0.05) is 89.9 Å². The summed E-state index contributed by atoms with van der Waals surface area (Å²) >= 11 is 0. The summed E-state index contributed by atoms with van der Waals surface area (Å²) in [4.78, 5) is 22.8. The highest BCUT2D eigenvalue weighted by molar-refractivity contribution is 5.86. The van der Waals surface area contributed by atoms with Crippen LogP contribution in [0.2, 0.25) is 0 Å². The molecule has 0 spiro atoms. The van der Waals surface area contributed by atoms with Crippen molar-refractivity contribution in [2.24, 2.45) is 0 Å². The van der Waals surface area contributed by atoms with Crippen LogP contribution in [0.25, 0.3) is 0 Å². The van der Waals surface area contributed by atoms with Crippen molar-refractivity contribution in [1.82, 2.24) is 0 Å². The molecule has 0 fully saturated rings. The molecule has 0 aromatic heterocycles. The van der Waals surface area contributed by atoms with Gasteiger partial charge in [0, 0.05) is 12.0 Å². The van der Waals surface area contributed by atoms with E-state index in [0.29, 0.717) is 12.0 Å². The Labute approximate surface area is 185 Å². The van der Waals surface area contributed by atoms with Crippen LogP contribution in [0.4, 0.5) is 0 Å². The first kappa shape index (κ1) is 28.4. The smallest absolute Gasteiger partial charge is 0.333 e. The van der Waals surface area contributed by atoms with Gasteiger partial charge in [0.15, 0.2) is 0 Å². The Morgan fingerprint density at radius 2 is 1.17 bits per heavy atom. The number of carbonyl (C=O) groups excluding carboxylic acids is 2. The van der Waals surface area contributed by atoms with E-state index in [2.05, 4.69) is 25.7 Å². The van der Waals surface area contributed by atoms with E-state index < -0.39 is 5.97 Å². The average molecular weight is 423 g/mol. The Balaban J connectivity index is 3.25. The number of hydrogen-bond acceptors (Lipinski definition) is 4. The Bertz CT molecular complexity index is 468. The molecular formula is C26H46O4. The fourth-order valence-electron chi connectivity index (χ4n) is 3.18. The molecule has 0 heterocycles. The van der Waals surface area contributed by atoms with Crippen molar-refractivity contribution >= 4 is 11.9 Å². The SMILES string of the molecule is C=C(C)C(=O)OCCOC(=O)CCCCCCCCCCC/C=C\CCCCCC. The van der Waals surface area contributed by atoms with Crippen molar-refractivity contribution < 1.29 is 19.1 Å². The minimum absolute atomic E-state index is 0.0900. The summed E-state index contributed by atoms with van der Waals surface area (Å²) in [6.07, 6.45) is 24.1. The molecule has 0 aliphatic heterocycles.